The third-order valence-electron chi connectivity index (χ3n) is 2.97. The Bertz CT molecular complexity index is 592. The first-order valence-electron chi connectivity index (χ1n) is 5.46. The second kappa shape index (κ2) is 3.73. The second-order valence-corrected chi connectivity index (χ2v) is 4.00. The van der Waals surface area contributed by atoms with Gasteiger partial charge in [-0.2, -0.15) is 0 Å². The van der Waals surface area contributed by atoms with Gasteiger partial charge >= 0.3 is 6.03 Å². The topological polar surface area (TPSA) is 71.3 Å². The van der Waals surface area contributed by atoms with E-state index in [1.165, 1.54) is 6.26 Å². The van der Waals surface area contributed by atoms with Crippen molar-refractivity contribution in [2.45, 2.75) is 5.54 Å². The standard InChI is InChI=1S/C13H10N2O3/c16-11-13(15-12(17)14-11,10-7-4-8-18-10)9-5-2-1-3-6-9/h1-8H,(H2,14,15,16,17). The van der Waals surface area contributed by atoms with Crippen LogP contribution in [0.4, 0.5) is 4.79 Å². The maximum Gasteiger partial charge on any atom is 0.322 e. The molecule has 0 saturated carbocycles. The predicted octanol–water partition coefficient (Wildman–Crippen LogP) is 1.36. The molecule has 2 heterocycles. The summed E-state index contributed by atoms with van der Waals surface area (Å²) in [7, 11) is 0. The van der Waals surface area contributed by atoms with Crippen molar-refractivity contribution < 1.29 is 14.0 Å². The number of nitrogens with one attached hydrogen (secondary N) is 2. The maximum absolute atomic E-state index is 12.2. The summed E-state index contributed by atoms with van der Waals surface area (Å²) in [5, 5.41) is 4.89. The van der Waals surface area contributed by atoms with Gasteiger partial charge < -0.3 is 9.73 Å². The Hall–Kier alpha value is -2.56. The van der Waals surface area contributed by atoms with Crippen LogP contribution in [0.3, 0.4) is 0 Å². The number of carbonyl (C=O) groups is 2. The highest BCUT2D eigenvalue weighted by Gasteiger charge is 2.51. The van der Waals surface area contributed by atoms with Gasteiger partial charge in [0, 0.05) is 0 Å². The van der Waals surface area contributed by atoms with Gasteiger partial charge in [0.05, 0.1) is 6.26 Å². The molecule has 1 aromatic heterocycles. The molecular weight excluding hydrogens is 232 g/mol. The van der Waals surface area contributed by atoms with E-state index in [-0.39, 0.29) is 0 Å². The number of furan rings is 1. The quantitative estimate of drug-likeness (QED) is 0.781. The summed E-state index contributed by atoms with van der Waals surface area (Å²) in [6.07, 6.45) is 1.47. The van der Waals surface area contributed by atoms with Gasteiger partial charge in [0.15, 0.2) is 0 Å². The van der Waals surface area contributed by atoms with Crippen molar-refractivity contribution in [3.63, 3.8) is 0 Å². The number of hydrogen-bond donors (Lipinski definition) is 2. The largest absolute Gasteiger partial charge is 0.466 e. The Labute approximate surface area is 103 Å². The molecule has 1 unspecified atom stereocenters. The molecule has 90 valence electrons. The van der Waals surface area contributed by atoms with Crippen LogP contribution in [-0.4, -0.2) is 11.9 Å². The Morgan fingerprint density at radius 2 is 1.78 bits per heavy atom. The molecule has 1 saturated heterocycles. The van der Waals surface area contributed by atoms with Gasteiger partial charge in [-0.3, -0.25) is 10.1 Å². The first-order valence-corrected chi connectivity index (χ1v) is 5.46. The molecule has 0 radical (unpaired) electrons. The third-order valence-corrected chi connectivity index (χ3v) is 2.97. The van der Waals surface area contributed by atoms with Gasteiger partial charge in [-0.1, -0.05) is 30.3 Å². The average molecular weight is 242 g/mol. The molecule has 18 heavy (non-hydrogen) atoms. The molecule has 5 heteroatoms. The van der Waals surface area contributed by atoms with Crippen LogP contribution in [0.5, 0.6) is 0 Å². The lowest BCUT2D eigenvalue weighted by Crippen LogP contribution is -2.44. The van der Waals surface area contributed by atoms with E-state index in [1.54, 1.807) is 36.4 Å². The minimum Gasteiger partial charge on any atom is -0.466 e. The molecule has 0 bridgehead atoms. The summed E-state index contributed by atoms with van der Waals surface area (Å²) >= 11 is 0. The number of benzene rings is 1. The summed E-state index contributed by atoms with van der Waals surface area (Å²) in [4.78, 5) is 23.6. The van der Waals surface area contributed by atoms with E-state index < -0.39 is 17.5 Å². The van der Waals surface area contributed by atoms with E-state index >= 15 is 0 Å². The number of hydrogen-bond acceptors (Lipinski definition) is 3. The monoisotopic (exact) mass is 242 g/mol. The molecule has 2 aromatic rings. The number of urea groups is 1. The molecule has 1 atom stereocenters. The Balaban J connectivity index is 2.22. The lowest BCUT2D eigenvalue weighted by Gasteiger charge is -2.23. The number of amides is 3. The molecule has 5 nitrogen and oxygen atoms in total. The molecule has 1 fully saturated rings. The minimum absolute atomic E-state index is 0.386. The Kier molecular flexibility index (Phi) is 2.19. The lowest BCUT2D eigenvalue weighted by molar-refractivity contribution is -0.123. The predicted molar refractivity (Wildman–Crippen MR) is 62.6 cm³/mol. The molecule has 0 spiro atoms. The fourth-order valence-corrected chi connectivity index (χ4v) is 2.15. The van der Waals surface area contributed by atoms with Crippen molar-refractivity contribution >= 4 is 11.9 Å². The summed E-state index contributed by atoms with van der Waals surface area (Å²) in [6, 6.07) is 11.8. The smallest absolute Gasteiger partial charge is 0.322 e. The highest BCUT2D eigenvalue weighted by Crippen LogP contribution is 2.32. The van der Waals surface area contributed by atoms with E-state index in [0.717, 1.165) is 0 Å². The molecule has 3 amide bonds. The molecule has 0 aliphatic carbocycles. The van der Waals surface area contributed by atoms with Gasteiger partial charge in [-0.25, -0.2) is 4.79 Å². The first-order chi connectivity index (χ1) is 8.73. The van der Waals surface area contributed by atoms with Crippen molar-refractivity contribution in [1.29, 1.82) is 0 Å². The fourth-order valence-electron chi connectivity index (χ4n) is 2.15. The van der Waals surface area contributed by atoms with Crippen molar-refractivity contribution in [2.75, 3.05) is 0 Å². The Morgan fingerprint density at radius 3 is 2.33 bits per heavy atom. The van der Waals surface area contributed by atoms with E-state index in [1.807, 2.05) is 6.07 Å². The van der Waals surface area contributed by atoms with Crippen LogP contribution in [0.1, 0.15) is 11.3 Å². The third kappa shape index (κ3) is 1.34. The highest BCUT2D eigenvalue weighted by molar-refractivity contribution is 6.09. The van der Waals surface area contributed by atoms with Crippen LogP contribution in [0.25, 0.3) is 0 Å². The summed E-state index contributed by atoms with van der Waals surface area (Å²) in [5.41, 5.74) is -0.620. The van der Waals surface area contributed by atoms with Gasteiger partial charge in [0.25, 0.3) is 5.91 Å². The van der Waals surface area contributed by atoms with Gasteiger partial charge in [-0.15, -0.1) is 0 Å². The molecule has 3 rings (SSSR count). The van der Waals surface area contributed by atoms with Crippen LogP contribution >= 0.6 is 0 Å². The zero-order valence-electron chi connectivity index (χ0n) is 9.34. The zero-order chi connectivity index (χ0) is 12.6. The van der Waals surface area contributed by atoms with Crippen molar-refractivity contribution in [3.8, 4) is 0 Å². The summed E-state index contributed by atoms with van der Waals surface area (Å²) < 4.78 is 5.32. The summed E-state index contributed by atoms with van der Waals surface area (Å²) in [6.45, 7) is 0. The first kappa shape index (κ1) is 10.6. The lowest BCUT2D eigenvalue weighted by atomic mass is 9.87. The number of rotatable bonds is 2. The molecule has 1 aliphatic rings. The number of carbonyl (C=O) groups excluding carboxylic acids is 2. The summed E-state index contributed by atoms with van der Waals surface area (Å²) in [5.74, 6) is -0.0503. The highest BCUT2D eigenvalue weighted by atomic mass is 16.3. The SMILES string of the molecule is O=C1NC(=O)C(c2ccccc2)(c2ccco2)N1. The second-order valence-electron chi connectivity index (χ2n) is 4.00. The van der Waals surface area contributed by atoms with Crippen LogP contribution in [-0.2, 0) is 10.3 Å². The molecule has 1 aliphatic heterocycles. The van der Waals surface area contributed by atoms with E-state index in [4.69, 9.17) is 4.42 Å². The number of imide groups is 1. The van der Waals surface area contributed by atoms with Gasteiger partial charge in [0.1, 0.15) is 5.76 Å². The van der Waals surface area contributed by atoms with E-state index in [9.17, 15) is 9.59 Å². The molecule has 2 N–H and O–H groups in total. The maximum atomic E-state index is 12.2. The van der Waals surface area contributed by atoms with Crippen LogP contribution < -0.4 is 10.6 Å². The Morgan fingerprint density at radius 1 is 1.00 bits per heavy atom. The van der Waals surface area contributed by atoms with Gasteiger partial charge in [0.2, 0.25) is 5.54 Å². The van der Waals surface area contributed by atoms with E-state index in [2.05, 4.69) is 10.6 Å². The normalized spacial score (nSPS) is 22.7. The van der Waals surface area contributed by atoms with Crippen molar-refractivity contribution in [2.24, 2.45) is 0 Å². The van der Waals surface area contributed by atoms with Crippen LogP contribution in [0.15, 0.2) is 53.1 Å². The van der Waals surface area contributed by atoms with Crippen LogP contribution in [0, 0.1) is 0 Å². The molecular formula is C13H10N2O3. The zero-order valence-corrected chi connectivity index (χ0v) is 9.34. The fraction of sp³-hybridized carbons (Fsp3) is 0.0769. The van der Waals surface area contributed by atoms with Crippen molar-refractivity contribution in [1.82, 2.24) is 10.6 Å². The van der Waals surface area contributed by atoms with E-state index in [0.29, 0.717) is 11.3 Å². The van der Waals surface area contributed by atoms with Gasteiger partial charge in [-0.05, 0) is 17.7 Å². The minimum atomic E-state index is -1.28. The van der Waals surface area contributed by atoms with Crippen molar-refractivity contribution in [3.05, 3.63) is 60.1 Å². The average Bonchev–Trinajstić information content (AvgIpc) is 2.99. The molecule has 1 aromatic carbocycles. The van der Waals surface area contributed by atoms with Crippen LogP contribution in [0.2, 0.25) is 0 Å².